The molecule has 0 aromatic heterocycles. The molecule has 8 heteroatoms. The molecule has 1 heterocycles. The number of amides is 3. The van der Waals surface area contributed by atoms with Gasteiger partial charge in [0, 0.05) is 6.04 Å². The van der Waals surface area contributed by atoms with E-state index in [1.54, 1.807) is 7.11 Å². The van der Waals surface area contributed by atoms with E-state index in [0.29, 0.717) is 13.2 Å². The molecule has 28 heavy (non-hydrogen) atoms. The zero-order valence-corrected chi connectivity index (χ0v) is 17.2. The molecule has 1 aliphatic heterocycles. The summed E-state index contributed by atoms with van der Waals surface area (Å²) in [5.41, 5.74) is 0. The first-order valence-corrected chi connectivity index (χ1v) is 10.0. The van der Waals surface area contributed by atoms with E-state index < -0.39 is 6.03 Å². The summed E-state index contributed by atoms with van der Waals surface area (Å²) in [6.45, 7) is 9.65. The Kier molecular flexibility index (Phi) is 9.03. The average Bonchev–Trinajstić information content (AvgIpc) is 2.69. The Balaban J connectivity index is 1.60. The van der Waals surface area contributed by atoms with Crippen molar-refractivity contribution in [3.63, 3.8) is 0 Å². The molecule has 0 saturated carbocycles. The highest BCUT2D eigenvalue weighted by atomic mass is 16.5. The lowest BCUT2D eigenvalue weighted by Crippen LogP contribution is -3.28. The zero-order chi connectivity index (χ0) is 20.4. The van der Waals surface area contributed by atoms with Crippen LogP contribution in [-0.2, 0) is 4.79 Å². The van der Waals surface area contributed by atoms with Gasteiger partial charge in [-0.1, -0.05) is 6.92 Å². The van der Waals surface area contributed by atoms with Crippen LogP contribution in [0, 0.1) is 0 Å². The third-order valence-corrected chi connectivity index (χ3v) is 5.10. The van der Waals surface area contributed by atoms with Crippen LogP contribution < -0.4 is 29.9 Å². The summed E-state index contributed by atoms with van der Waals surface area (Å²) in [6, 6.07) is 7.25. The van der Waals surface area contributed by atoms with Gasteiger partial charge in [0.05, 0.1) is 7.11 Å². The fourth-order valence-corrected chi connectivity index (χ4v) is 3.13. The fraction of sp³-hybridized carbons (Fsp3) is 0.600. The maximum atomic E-state index is 12.0. The van der Waals surface area contributed by atoms with Crippen LogP contribution in [0.2, 0.25) is 0 Å². The number of quaternary nitrogens is 2. The van der Waals surface area contributed by atoms with Gasteiger partial charge in [0.15, 0.2) is 6.54 Å². The van der Waals surface area contributed by atoms with Crippen LogP contribution in [0.4, 0.5) is 4.79 Å². The van der Waals surface area contributed by atoms with Crippen LogP contribution in [0.1, 0.15) is 20.3 Å². The first kappa shape index (κ1) is 22.0. The largest absolute Gasteiger partial charge is 0.497 e. The zero-order valence-electron chi connectivity index (χ0n) is 17.2. The van der Waals surface area contributed by atoms with Gasteiger partial charge in [0.25, 0.3) is 5.91 Å². The third-order valence-electron chi connectivity index (χ3n) is 5.10. The first-order chi connectivity index (χ1) is 13.5. The van der Waals surface area contributed by atoms with Gasteiger partial charge in [-0.25, -0.2) is 4.79 Å². The molecule has 1 aromatic carbocycles. The first-order valence-electron chi connectivity index (χ1n) is 10.0. The van der Waals surface area contributed by atoms with Crippen molar-refractivity contribution >= 4 is 11.9 Å². The van der Waals surface area contributed by atoms with Crippen molar-refractivity contribution in [1.82, 2.24) is 10.6 Å². The Morgan fingerprint density at radius 1 is 1.07 bits per heavy atom. The summed E-state index contributed by atoms with van der Waals surface area (Å²) in [5.74, 6) is 1.44. The second-order valence-corrected chi connectivity index (χ2v) is 7.28. The van der Waals surface area contributed by atoms with E-state index in [9.17, 15) is 9.59 Å². The Bertz CT molecular complexity index is 615. The molecular formula is C20H34N4O4+2. The molecule has 0 unspecified atom stereocenters. The summed E-state index contributed by atoms with van der Waals surface area (Å²) < 4.78 is 10.9. The maximum absolute atomic E-state index is 12.0. The van der Waals surface area contributed by atoms with Gasteiger partial charge in [-0.2, -0.15) is 0 Å². The van der Waals surface area contributed by atoms with Gasteiger partial charge in [-0.05, 0) is 37.6 Å². The molecule has 1 atom stereocenters. The van der Waals surface area contributed by atoms with E-state index in [-0.39, 0.29) is 11.9 Å². The van der Waals surface area contributed by atoms with Crippen LogP contribution in [0.15, 0.2) is 24.3 Å². The molecule has 2 rings (SSSR count). The number of piperazine rings is 1. The highest BCUT2D eigenvalue weighted by molar-refractivity contribution is 5.94. The number of urea groups is 1. The monoisotopic (exact) mass is 394 g/mol. The van der Waals surface area contributed by atoms with Crippen molar-refractivity contribution in [2.75, 3.05) is 53.0 Å². The molecule has 0 radical (unpaired) electrons. The second-order valence-electron chi connectivity index (χ2n) is 7.28. The molecule has 1 saturated heterocycles. The standard InChI is InChI=1S/C20H32N4O4/c1-4-16(2)21-20(26)22-19(25)15-24-11-9-23(10-12-24)13-14-28-18-7-5-17(27-3)6-8-18/h5-8,16H,4,9-15H2,1-3H3,(H2,21,22,25,26)/p+2/t16-/m1/s1. The van der Waals surface area contributed by atoms with Gasteiger partial charge in [-0.3, -0.25) is 10.1 Å². The number of ether oxygens (including phenoxy) is 2. The van der Waals surface area contributed by atoms with Gasteiger partial charge in [0.1, 0.15) is 50.8 Å². The molecule has 4 N–H and O–H groups in total. The number of imide groups is 1. The van der Waals surface area contributed by atoms with E-state index in [0.717, 1.165) is 50.6 Å². The summed E-state index contributed by atoms with van der Waals surface area (Å²) in [7, 11) is 1.65. The molecule has 156 valence electrons. The maximum Gasteiger partial charge on any atom is 0.321 e. The number of methoxy groups -OCH3 is 1. The summed E-state index contributed by atoms with van der Waals surface area (Å²) in [4.78, 5) is 26.4. The molecule has 0 spiro atoms. The lowest BCUT2D eigenvalue weighted by atomic mass is 10.3. The predicted octanol–water partition coefficient (Wildman–Crippen LogP) is -1.52. The number of hydrogen-bond donors (Lipinski definition) is 4. The number of nitrogens with one attached hydrogen (secondary N) is 4. The SMILES string of the molecule is CC[C@@H](C)NC(=O)NC(=O)C[NH+]1CC[NH+](CCOc2ccc(OC)cc2)CC1. The summed E-state index contributed by atoms with van der Waals surface area (Å²) >= 11 is 0. The van der Waals surface area contributed by atoms with Crippen LogP contribution in [0.3, 0.4) is 0 Å². The Morgan fingerprint density at radius 3 is 2.29 bits per heavy atom. The molecule has 1 aliphatic rings. The smallest absolute Gasteiger partial charge is 0.321 e. The van der Waals surface area contributed by atoms with Crippen molar-refractivity contribution in [2.24, 2.45) is 0 Å². The van der Waals surface area contributed by atoms with Gasteiger partial charge >= 0.3 is 6.03 Å². The van der Waals surface area contributed by atoms with Gasteiger partial charge in [-0.15, -0.1) is 0 Å². The second kappa shape index (κ2) is 11.5. The van der Waals surface area contributed by atoms with Crippen LogP contribution in [-0.4, -0.2) is 71.0 Å². The van der Waals surface area contributed by atoms with Crippen LogP contribution in [0.25, 0.3) is 0 Å². The average molecular weight is 395 g/mol. The number of carbonyl (C=O) groups is 2. The Hall–Kier alpha value is -2.32. The minimum absolute atomic E-state index is 0.0624. The Labute approximate surface area is 167 Å². The summed E-state index contributed by atoms with van der Waals surface area (Å²) in [5, 5.41) is 5.16. The number of carbonyl (C=O) groups excluding carboxylic acids is 2. The van der Waals surface area contributed by atoms with Crippen LogP contribution in [0.5, 0.6) is 11.5 Å². The fourth-order valence-electron chi connectivity index (χ4n) is 3.13. The number of rotatable bonds is 9. The Morgan fingerprint density at radius 2 is 1.68 bits per heavy atom. The number of benzene rings is 1. The highest BCUT2D eigenvalue weighted by Crippen LogP contribution is 2.16. The van der Waals surface area contributed by atoms with Crippen LogP contribution >= 0.6 is 0 Å². The van der Waals surface area contributed by atoms with Crippen molar-refractivity contribution in [1.29, 1.82) is 0 Å². The molecule has 3 amide bonds. The topological polar surface area (TPSA) is 85.5 Å². The van der Waals surface area contributed by atoms with Crippen molar-refractivity contribution in [2.45, 2.75) is 26.3 Å². The minimum atomic E-state index is -0.404. The van der Waals surface area contributed by atoms with Gasteiger partial charge < -0.3 is 24.6 Å². The van der Waals surface area contributed by atoms with E-state index in [2.05, 4.69) is 10.6 Å². The van der Waals surface area contributed by atoms with E-state index in [4.69, 9.17) is 9.47 Å². The van der Waals surface area contributed by atoms with Crippen molar-refractivity contribution in [3.8, 4) is 11.5 Å². The lowest BCUT2D eigenvalue weighted by Gasteiger charge is -2.29. The molecule has 0 aliphatic carbocycles. The molecule has 8 nitrogen and oxygen atoms in total. The lowest BCUT2D eigenvalue weighted by molar-refractivity contribution is -1.01. The van der Waals surface area contributed by atoms with E-state index >= 15 is 0 Å². The predicted molar refractivity (Wildman–Crippen MR) is 106 cm³/mol. The molecule has 0 bridgehead atoms. The quantitative estimate of drug-likeness (QED) is 0.410. The van der Waals surface area contributed by atoms with Crippen molar-refractivity contribution < 1.29 is 28.9 Å². The minimum Gasteiger partial charge on any atom is -0.497 e. The summed E-state index contributed by atoms with van der Waals surface area (Å²) in [6.07, 6.45) is 0.833. The van der Waals surface area contributed by atoms with Gasteiger partial charge in [0.2, 0.25) is 0 Å². The molecule has 1 aromatic rings. The molecule has 1 fully saturated rings. The molecular weight excluding hydrogens is 360 g/mol. The number of hydrogen-bond acceptors (Lipinski definition) is 4. The highest BCUT2D eigenvalue weighted by Gasteiger charge is 2.25. The van der Waals surface area contributed by atoms with E-state index in [1.165, 1.54) is 9.80 Å². The van der Waals surface area contributed by atoms with E-state index in [1.807, 2.05) is 38.1 Å². The van der Waals surface area contributed by atoms with Crippen molar-refractivity contribution in [3.05, 3.63) is 24.3 Å². The normalized spacial score (nSPS) is 20.1. The third kappa shape index (κ3) is 7.74.